The fourth-order valence-corrected chi connectivity index (χ4v) is 2.63. The third kappa shape index (κ3) is 2.75. The summed E-state index contributed by atoms with van der Waals surface area (Å²) >= 11 is 9.39. The van der Waals surface area contributed by atoms with Gasteiger partial charge in [0.15, 0.2) is 0 Å². The number of nitrogens with zero attached hydrogens (tertiary/aromatic N) is 1. The lowest BCUT2D eigenvalue weighted by Crippen LogP contribution is -2.29. The maximum atomic E-state index is 12.3. The highest BCUT2D eigenvalue weighted by Gasteiger charge is 2.26. The normalized spacial score (nSPS) is 19.5. The number of benzene rings is 1. The molecule has 0 radical (unpaired) electrons. The summed E-state index contributed by atoms with van der Waals surface area (Å²) in [6, 6.07) is 5.08. The Morgan fingerprint density at radius 3 is 2.94 bits per heavy atom. The van der Waals surface area contributed by atoms with E-state index in [4.69, 9.17) is 16.3 Å². The SMILES string of the molecule is COc1cc(Cl)ccc1C(=O)N1CCC(Br)C1. The fraction of sp³-hybridized carbons (Fsp3) is 0.417. The van der Waals surface area contributed by atoms with Gasteiger partial charge >= 0.3 is 0 Å². The Kier molecular flexibility index (Phi) is 3.94. The van der Waals surface area contributed by atoms with Gasteiger partial charge in [-0.25, -0.2) is 0 Å². The Bertz CT molecular complexity index is 439. The van der Waals surface area contributed by atoms with Crippen molar-refractivity contribution in [3.63, 3.8) is 0 Å². The fourth-order valence-electron chi connectivity index (χ4n) is 1.91. The van der Waals surface area contributed by atoms with Crippen molar-refractivity contribution in [2.24, 2.45) is 0 Å². The molecule has 1 atom stereocenters. The second-order valence-corrected chi connectivity index (χ2v) is 5.71. The van der Waals surface area contributed by atoms with Gasteiger partial charge in [-0.15, -0.1) is 0 Å². The summed E-state index contributed by atoms with van der Waals surface area (Å²) < 4.78 is 5.19. The Morgan fingerprint density at radius 2 is 2.35 bits per heavy atom. The zero-order valence-electron chi connectivity index (χ0n) is 9.45. The molecule has 0 bridgehead atoms. The molecule has 1 unspecified atom stereocenters. The van der Waals surface area contributed by atoms with Crippen LogP contribution in [0.5, 0.6) is 5.75 Å². The molecule has 1 aromatic carbocycles. The lowest BCUT2D eigenvalue weighted by molar-refractivity contribution is 0.0790. The smallest absolute Gasteiger partial charge is 0.257 e. The average molecular weight is 319 g/mol. The molecule has 0 aromatic heterocycles. The van der Waals surface area contributed by atoms with Crippen LogP contribution in [0.4, 0.5) is 0 Å². The van der Waals surface area contributed by atoms with Crippen LogP contribution < -0.4 is 4.74 Å². The number of rotatable bonds is 2. The Labute approximate surface area is 114 Å². The first-order chi connectivity index (χ1) is 8.11. The van der Waals surface area contributed by atoms with Gasteiger partial charge in [0.05, 0.1) is 12.7 Å². The van der Waals surface area contributed by atoms with E-state index in [1.807, 2.05) is 4.90 Å². The molecule has 1 aliphatic heterocycles. The number of ether oxygens (including phenoxy) is 1. The highest BCUT2D eigenvalue weighted by atomic mass is 79.9. The number of hydrogen-bond acceptors (Lipinski definition) is 2. The van der Waals surface area contributed by atoms with Crippen LogP contribution in [0, 0.1) is 0 Å². The summed E-state index contributed by atoms with van der Waals surface area (Å²) in [6.07, 6.45) is 0.988. The highest BCUT2D eigenvalue weighted by Crippen LogP contribution is 2.26. The number of likely N-dealkylation sites (tertiary alicyclic amines) is 1. The van der Waals surface area contributed by atoms with Crippen LogP contribution in [0.2, 0.25) is 5.02 Å². The minimum Gasteiger partial charge on any atom is -0.496 e. The second-order valence-electron chi connectivity index (χ2n) is 3.98. The van der Waals surface area contributed by atoms with Crippen molar-refractivity contribution < 1.29 is 9.53 Å². The second kappa shape index (κ2) is 5.27. The maximum Gasteiger partial charge on any atom is 0.257 e. The van der Waals surface area contributed by atoms with Crippen molar-refractivity contribution in [2.45, 2.75) is 11.2 Å². The molecule has 0 saturated carbocycles. The molecular formula is C12H13BrClNO2. The molecule has 3 nitrogen and oxygen atoms in total. The van der Waals surface area contributed by atoms with Crippen molar-refractivity contribution in [3.8, 4) is 5.75 Å². The molecule has 5 heteroatoms. The van der Waals surface area contributed by atoms with Gasteiger partial charge in [-0.1, -0.05) is 27.5 Å². The molecule has 1 saturated heterocycles. The van der Waals surface area contributed by atoms with Crippen molar-refractivity contribution in [1.29, 1.82) is 0 Å². The minimum absolute atomic E-state index is 0.000432. The molecule has 1 aromatic rings. The predicted molar refractivity (Wildman–Crippen MR) is 71.2 cm³/mol. The topological polar surface area (TPSA) is 29.5 Å². The summed E-state index contributed by atoms with van der Waals surface area (Å²) in [4.78, 5) is 14.5. The minimum atomic E-state index is 0.000432. The molecule has 0 aliphatic carbocycles. The van der Waals surface area contributed by atoms with E-state index in [-0.39, 0.29) is 5.91 Å². The van der Waals surface area contributed by atoms with Crippen LogP contribution in [0.25, 0.3) is 0 Å². The monoisotopic (exact) mass is 317 g/mol. The maximum absolute atomic E-state index is 12.3. The number of methoxy groups -OCH3 is 1. The van der Waals surface area contributed by atoms with Crippen LogP contribution >= 0.6 is 27.5 Å². The summed E-state index contributed by atoms with van der Waals surface area (Å²) in [5.74, 6) is 0.529. The summed E-state index contributed by atoms with van der Waals surface area (Å²) in [5.41, 5.74) is 0.568. The summed E-state index contributed by atoms with van der Waals surface area (Å²) in [6.45, 7) is 1.52. The number of alkyl halides is 1. The summed E-state index contributed by atoms with van der Waals surface area (Å²) in [5, 5.41) is 0.568. The molecule has 1 amide bonds. The molecular weight excluding hydrogens is 305 g/mol. The van der Waals surface area contributed by atoms with Gasteiger partial charge in [0.25, 0.3) is 5.91 Å². The lowest BCUT2D eigenvalue weighted by atomic mass is 10.2. The number of amides is 1. The Balaban J connectivity index is 2.24. The van der Waals surface area contributed by atoms with Crippen LogP contribution in [0.3, 0.4) is 0 Å². The van der Waals surface area contributed by atoms with E-state index < -0.39 is 0 Å². The van der Waals surface area contributed by atoms with Gasteiger partial charge in [0.2, 0.25) is 0 Å². The van der Waals surface area contributed by atoms with E-state index in [1.54, 1.807) is 25.3 Å². The van der Waals surface area contributed by atoms with E-state index in [1.165, 1.54) is 0 Å². The van der Waals surface area contributed by atoms with Crippen molar-refractivity contribution >= 4 is 33.4 Å². The van der Waals surface area contributed by atoms with E-state index in [9.17, 15) is 4.79 Å². The Hall–Kier alpha value is -0.740. The molecule has 92 valence electrons. The molecule has 1 fully saturated rings. The van der Waals surface area contributed by atoms with Crippen LogP contribution in [-0.4, -0.2) is 35.8 Å². The van der Waals surface area contributed by atoms with Gasteiger partial charge in [-0.2, -0.15) is 0 Å². The standard InChI is InChI=1S/C12H13BrClNO2/c1-17-11-6-9(14)2-3-10(11)12(16)15-5-4-8(13)7-15/h2-3,6,8H,4-5,7H2,1H3. The zero-order chi connectivity index (χ0) is 12.4. The third-order valence-corrected chi connectivity index (χ3v) is 3.79. The number of halogens is 2. The number of carbonyl (C=O) groups excluding carboxylic acids is 1. The number of hydrogen-bond donors (Lipinski definition) is 0. The lowest BCUT2D eigenvalue weighted by Gasteiger charge is -2.17. The van der Waals surface area contributed by atoms with Gasteiger partial charge < -0.3 is 9.64 Å². The van der Waals surface area contributed by atoms with Crippen LogP contribution in [0.1, 0.15) is 16.8 Å². The van der Waals surface area contributed by atoms with Crippen molar-refractivity contribution in [2.75, 3.05) is 20.2 Å². The number of carbonyl (C=O) groups is 1. The van der Waals surface area contributed by atoms with E-state index in [0.717, 1.165) is 19.5 Å². The van der Waals surface area contributed by atoms with Crippen molar-refractivity contribution in [1.82, 2.24) is 4.90 Å². The van der Waals surface area contributed by atoms with Gasteiger partial charge in [0, 0.05) is 22.9 Å². The quantitative estimate of drug-likeness (QED) is 0.785. The molecule has 1 aliphatic rings. The first kappa shape index (κ1) is 12.7. The first-order valence-corrected chi connectivity index (χ1v) is 6.68. The third-order valence-electron chi connectivity index (χ3n) is 2.81. The van der Waals surface area contributed by atoms with E-state index in [2.05, 4.69) is 15.9 Å². The molecule has 1 heterocycles. The summed E-state index contributed by atoms with van der Waals surface area (Å²) in [7, 11) is 1.54. The zero-order valence-corrected chi connectivity index (χ0v) is 11.8. The molecule has 0 spiro atoms. The molecule has 0 N–H and O–H groups in total. The van der Waals surface area contributed by atoms with Crippen LogP contribution in [0.15, 0.2) is 18.2 Å². The van der Waals surface area contributed by atoms with E-state index >= 15 is 0 Å². The van der Waals surface area contributed by atoms with E-state index in [0.29, 0.717) is 21.2 Å². The molecule has 17 heavy (non-hydrogen) atoms. The van der Waals surface area contributed by atoms with Gasteiger partial charge in [0.1, 0.15) is 5.75 Å². The largest absolute Gasteiger partial charge is 0.496 e. The van der Waals surface area contributed by atoms with Gasteiger partial charge in [-0.3, -0.25) is 4.79 Å². The average Bonchev–Trinajstić information content (AvgIpc) is 2.75. The van der Waals surface area contributed by atoms with Crippen LogP contribution in [-0.2, 0) is 0 Å². The predicted octanol–water partition coefficient (Wildman–Crippen LogP) is 2.96. The molecule has 2 rings (SSSR count). The van der Waals surface area contributed by atoms with Gasteiger partial charge in [-0.05, 0) is 24.6 Å². The highest BCUT2D eigenvalue weighted by molar-refractivity contribution is 9.09. The first-order valence-electron chi connectivity index (χ1n) is 5.38. The Morgan fingerprint density at radius 1 is 1.59 bits per heavy atom. The van der Waals surface area contributed by atoms with Crippen molar-refractivity contribution in [3.05, 3.63) is 28.8 Å².